The van der Waals surface area contributed by atoms with Crippen LogP contribution in [0.2, 0.25) is 0 Å². The summed E-state index contributed by atoms with van der Waals surface area (Å²) in [5.41, 5.74) is 1.29. The number of fused-ring (bicyclic) bond motifs is 1. The molecule has 0 spiro atoms. The Morgan fingerprint density at radius 1 is 1.11 bits per heavy atom. The molecular weight excluding hydrogens is 238 g/mol. The van der Waals surface area contributed by atoms with E-state index in [-0.39, 0.29) is 6.42 Å². The fourth-order valence-electron chi connectivity index (χ4n) is 2.11. The molecule has 2 rings (SSSR count). The third kappa shape index (κ3) is 4.07. The normalized spacial score (nSPS) is 11.1. The minimum Gasteiger partial charge on any atom is -0.481 e. The fraction of sp³-hybridized carbons (Fsp3) is 0.312. The molecule has 0 aliphatic carbocycles. The lowest BCUT2D eigenvalue weighted by molar-refractivity contribution is -0.137. The lowest BCUT2D eigenvalue weighted by Gasteiger charge is -2.15. The number of benzene rings is 2. The summed E-state index contributed by atoms with van der Waals surface area (Å²) < 4.78 is 0. The number of hydrogen-bond donors (Lipinski definition) is 1. The van der Waals surface area contributed by atoms with E-state index < -0.39 is 5.97 Å². The van der Waals surface area contributed by atoms with Crippen molar-refractivity contribution >= 4 is 16.7 Å². The molecule has 2 aromatic rings. The van der Waals surface area contributed by atoms with Gasteiger partial charge in [-0.2, -0.15) is 0 Å². The third-order valence-corrected chi connectivity index (χ3v) is 3.30. The van der Waals surface area contributed by atoms with Crippen LogP contribution in [0.15, 0.2) is 42.5 Å². The molecule has 0 unspecified atom stereocenters. The van der Waals surface area contributed by atoms with E-state index in [2.05, 4.69) is 35.2 Å². The van der Waals surface area contributed by atoms with Crippen LogP contribution in [0.5, 0.6) is 0 Å². The Hall–Kier alpha value is -1.87. The van der Waals surface area contributed by atoms with Crippen LogP contribution in [0.25, 0.3) is 10.8 Å². The summed E-state index contributed by atoms with van der Waals surface area (Å²) in [6.45, 7) is 1.48. The molecular formula is C16H19NO2. The van der Waals surface area contributed by atoms with Gasteiger partial charge >= 0.3 is 5.97 Å². The molecule has 100 valence electrons. The maximum Gasteiger partial charge on any atom is 0.304 e. The summed E-state index contributed by atoms with van der Waals surface area (Å²) in [7, 11) is 1.96. The monoisotopic (exact) mass is 257 g/mol. The summed E-state index contributed by atoms with van der Waals surface area (Å²) >= 11 is 0. The SMILES string of the molecule is CN(CCC(=O)O)CCc1ccc2ccccc2c1. The van der Waals surface area contributed by atoms with Crippen LogP contribution < -0.4 is 0 Å². The zero-order valence-electron chi connectivity index (χ0n) is 11.2. The molecule has 0 aliphatic heterocycles. The minimum atomic E-state index is -0.738. The first-order valence-electron chi connectivity index (χ1n) is 6.53. The van der Waals surface area contributed by atoms with Gasteiger partial charge in [0.1, 0.15) is 0 Å². The predicted molar refractivity (Wildman–Crippen MR) is 77.4 cm³/mol. The van der Waals surface area contributed by atoms with Gasteiger partial charge in [0, 0.05) is 13.1 Å². The molecule has 3 heteroatoms. The number of likely N-dealkylation sites (N-methyl/N-ethyl adjacent to an activating group) is 1. The van der Waals surface area contributed by atoms with Crippen molar-refractivity contribution in [2.45, 2.75) is 12.8 Å². The van der Waals surface area contributed by atoms with Crippen LogP contribution in [-0.4, -0.2) is 36.1 Å². The van der Waals surface area contributed by atoms with Crippen LogP contribution in [0.1, 0.15) is 12.0 Å². The fourth-order valence-corrected chi connectivity index (χ4v) is 2.11. The lowest BCUT2D eigenvalue weighted by atomic mass is 10.1. The highest BCUT2D eigenvalue weighted by molar-refractivity contribution is 5.82. The van der Waals surface area contributed by atoms with Gasteiger partial charge in [0.05, 0.1) is 6.42 Å². The van der Waals surface area contributed by atoms with Crippen molar-refractivity contribution in [1.29, 1.82) is 0 Å². The van der Waals surface area contributed by atoms with Gasteiger partial charge in [-0.05, 0) is 29.8 Å². The van der Waals surface area contributed by atoms with Gasteiger partial charge in [-0.3, -0.25) is 4.79 Å². The second-order valence-electron chi connectivity index (χ2n) is 4.88. The number of nitrogens with zero attached hydrogens (tertiary/aromatic N) is 1. The molecule has 0 saturated heterocycles. The van der Waals surface area contributed by atoms with Gasteiger partial charge in [0.25, 0.3) is 0 Å². The van der Waals surface area contributed by atoms with Crippen molar-refractivity contribution in [3.05, 3.63) is 48.0 Å². The van der Waals surface area contributed by atoms with E-state index in [0.717, 1.165) is 13.0 Å². The number of carbonyl (C=O) groups is 1. The van der Waals surface area contributed by atoms with E-state index in [1.54, 1.807) is 0 Å². The van der Waals surface area contributed by atoms with E-state index in [9.17, 15) is 4.79 Å². The van der Waals surface area contributed by atoms with Gasteiger partial charge in [-0.15, -0.1) is 0 Å². The highest BCUT2D eigenvalue weighted by Crippen LogP contribution is 2.16. The number of aliphatic carboxylic acids is 1. The molecule has 0 amide bonds. The Morgan fingerprint density at radius 2 is 1.84 bits per heavy atom. The topological polar surface area (TPSA) is 40.5 Å². The maximum absolute atomic E-state index is 10.5. The number of carboxylic acid groups (broad SMARTS) is 1. The average molecular weight is 257 g/mol. The van der Waals surface area contributed by atoms with Gasteiger partial charge < -0.3 is 10.0 Å². The number of carboxylic acids is 1. The van der Waals surface area contributed by atoms with Crippen molar-refractivity contribution in [3.8, 4) is 0 Å². The molecule has 0 heterocycles. The van der Waals surface area contributed by atoms with E-state index in [1.165, 1.54) is 16.3 Å². The van der Waals surface area contributed by atoms with Crippen LogP contribution in [0.4, 0.5) is 0 Å². The van der Waals surface area contributed by atoms with Gasteiger partial charge in [-0.1, -0.05) is 42.5 Å². The smallest absolute Gasteiger partial charge is 0.304 e. The average Bonchev–Trinajstić information content (AvgIpc) is 2.42. The van der Waals surface area contributed by atoms with E-state index in [4.69, 9.17) is 5.11 Å². The summed E-state index contributed by atoms with van der Waals surface area (Å²) in [6.07, 6.45) is 1.15. The van der Waals surface area contributed by atoms with Crippen molar-refractivity contribution in [2.75, 3.05) is 20.1 Å². The summed E-state index contributed by atoms with van der Waals surface area (Å²) in [6, 6.07) is 14.8. The largest absolute Gasteiger partial charge is 0.481 e. The summed E-state index contributed by atoms with van der Waals surface area (Å²) in [5, 5.41) is 11.2. The highest BCUT2D eigenvalue weighted by Gasteiger charge is 2.03. The van der Waals surface area contributed by atoms with E-state index in [1.807, 2.05) is 19.2 Å². The number of hydrogen-bond acceptors (Lipinski definition) is 2. The Kier molecular flexibility index (Phi) is 4.53. The Balaban J connectivity index is 1.92. The summed E-state index contributed by atoms with van der Waals surface area (Å²) in [5.74, 6) is -0.738. The first kappa shape index (κ1) is 13.6. The predicted octanol–water partition coefficient (Wildman–Crippen LogP) is 2.79. The second-order valence-corrected chi connectivity index (χ2v) is 4.88. The number of rotatable bonds is 6. The molecule has 0 fully saturated rings. The van der Waals surface area contributed by atoms with Crippen LogP contribution >= 0.6 is 0 Å². The van der Waals surface area contributed by atoms with Crippen LogP contribution in [-0.2, 0) is 11.2 Å². The second kappa shape index (κ2) is 6.34. The minimum absolute atomic E-state index is 0.203. The standard InChI is InChI=1S/C16H19NO2/c1-17(11-9-16(18)19)10-8-13-6-7-14-4-2-3-5-15(14)12-13/h2-7,12H,8-11H2,1H3,(H,18,19). The molecule has 0 aliphatic rings. The zero-order chi connectivity index (χ0) is 13.7. The molecule has 3 nitrogen and oxygen atoms in total. The summed E-state index contributed by atoms with van der Waals surface area (Å²) in [4.78, 5) is 12.6. The van der Waals surface area contributed by atoms with E-state index >= 15 is 0 Å². The van der Waals surface area contributed by atoms with Crippen molar-refractivity contribution in [3.63, 3.8) is 0 Å². The van der Waals surface area contributed by atoms with Gasteiger partial charge in [0.2, 0.25) is 0 Å². The Labute approximate surface area is 113 Å². The van der Waals surface area contributed by atoms with Gasteiger partial charge in [0.15, 0.2) is 0 Å². The van der Waals surface area contributed by atoms with E-state index in [0.29, 0.717) is 6.54 Å². The lowest BCUT2D eigenvalue weighted by Crippen LogP contribution is -2.24. The first-order chi connectivity index (χ1) is 9.15. The van der Waals surface area contributed by atoms with Crippen molar-refractivity contribution in [2.24, 2.45) is 0 Å². The first-order valence-corrected chi connectivity index (χ1v) is 6.53. The quantitative estimate of drug-likeness (QED) is 0.865. The van der Waals surface area contributed by atoms with Crippen molar-refractivity contribution < 1.29 is 9.90 Å². The zero-order valence-corrected chi connectivity index (χ0v) is 11.2. The van der Waals surface area contributed by atoms with Crippen molar-refractivity contribution in [1.82, 2.24) is 4.90 Å². The van der Waals surface area contributed by atoms with Crippen LogP contribution in [0.3, 0.4) is 0 Å². The Bertz CT molecular complexity index is 565. The third-order valence-electron chi connectivity index (χ3n) is 3.30. The molecule has 0 radical (unpaired) electrons. The highest BCUT2D eigenvalue weighted by atomic mass is 16.4. The molecule has 1 N–H and O–H groups in total. The molecule has 19 heavy (non-hydrogen) atoms. The van der Waals surface area contributed by atoms with Crippen LogP contribution in [0, 0.1) is 0 Å². The molecule has 0 aromatic heterocycles. The Morgan fingerprint density at radius 3 is 2.58 bits per heavy atom. The van der Waals surface area contributed by atoms with Gasteiger partial charge in [-0.25, -0.2) is 0 Å². The molecule has 0 atom stereocenters. The molecule has 0 saturated carbocycles. The maximum atomic E-state index is 10.5. The molecule has 2 aromatic carbocycles. The molecule has 0 bridgehead atoms.